The summed E-state index contributed by atoms with van der Waals surface area (Å²) in [5.74, 6) is 0.627. The molecule has 2 nitrogen and oxygen atoms in total. The predicted octanol–water partition coefficient (Wildman–Crippen LogP) is 1.86. The van der Waals surface area contributed by atoms with Crippen molar-refractivity contribution >= 4 is 0 Å². The minimum Gasteiger partial charge on any atom is -0.327 e. The number of piperidine rings is 1. The fourth-order valence-electron chi connectivity index (χ4n) is 2.24. The molecule has 0 amide bonds. The van der Waals surface area contributed by atoms with Crippen LogP contribution >= 0.6 is 0 Å². The lowest BCUT2D eigenvalue weighted by molar-refractivity contribution is 0.158. The highest BCUT2D eigenvalue weighted by molar-refractivity contribution is 5.14. The van der Waals surface area contributed by atoms with Crippen molar-refractivity contribution in [1.29, 1.82) is 0 Å². The van der Waals surface area contributed by atoms with Gasteiger partial charge < -0.3 is 5.73 Å². The van der Waals surface area contributed by atoms with Gasteiger partial charge in [0, 0.05) is 19.1 Å². The minimum atomic E-state index is 0.400. The molecule has 0 radical (unpaired) electrons. The van der Waals surface area contributed by atoms with Crippen LogP contribution in [0.25, 0.3) is 0 Å². The van der Waals surface area contributed by atoms with Gasteiger partial charge >= 0.3 is 0 Å². The van der Waals surface area contributed by atoms with Gasteiger partial charge in [-0.05, 0) is 24.4 Å². The zero-order valence-corrected chi connectivity index (χ0v) is 9.39. The monoisotopic (exact) mass is 204 g/mol. The summed E-state index contributed by atoms with van der Waals surface area (Å²) in [6, 6.07) is 11.1. The smallest absolute Gasteiger partial charge is 0.0233 e. The minimum absolute atomic E-state index is 0.400. The molecule has 1 saturated heterocycles. The summed E-state index contributed by atoms with van der Waals surface area (Å²) in [5.41, 5.74) is 7.41. The summed E-state index contributed by atoms with van der Waals surface area (Å²) >= 11 is 0. The van der Waals surface area contributed by atoms with Crippen LogP contribution in [0, 0.1) is 5.92 Å². The number of nitrogens with zero attached hydrogens (tertiary/aromatic N) is 1. The number of benzene rings is 1. The van der Waals surface area contributed by atoms with Gasteiger partial charge in [0.2, 0.25) is 0 Å². The highest BCUT2D eigenvalue weighted by Crippen LogP contribution is 2.16. The van der Waals surface area contributed by atoms with Gasteiger partial charge in [0.25, 0.3) is 0 Å². The van der Waals surface area contributed by atoms with Crippen LogP contribution < -0.4 is 5.73 Å². The standard InChI is InChI=1S/C13H20N2/c1-11-9-15(8-7-13(11)14)10-12-5-3-2-4-6-12/h2-6,11,13H,7-10,14H2,1H3/t11-,13-/m1/s1. The molecule has 2 atom stereocenters. The van der Waals surface area contributed by atoms with Crippen molar-refractivity contribution in [2.75, 3.05) is 13.1 Å². The average Bonchev–Trinajstić information content (AvgIpc) is 2.25. The van der Waals surface area contributed by atoms with Crippen LogP contribution in [0.1, 0.15) is 18.9 Å². The van der Waals surface area contributed by atoms with E-state index in [2.05, 4.69) is 42.2 Å². The SMILES string of the molecule is C[C@@H]1CN(Cc2ccccc2)CC[C@H]1N. The van der Waals surface area contributed by atoms with Gasteiger partial charge in [-0.25, -0.2) is 0 Å². The Hall–Kier alpha value is -0.860. The summed E-state index contributed by atoms with van der Waals surface area (Å²) in [6.45, 7) is 5.59. The largest absolute Gasteiger partial charge is 0.327 e. The van der Waals surface area contributed by atoms with Gasteiger partial charge in [-0.1, -0.05) is 37.3 Å². The molecule has 1 aliphatic heterocycles. The first-order valence-electron chi connectivity index (χ1n) is 5.77. The van der Waals surface area contributed by atoms with Gasteiger partial charge in [-0.3, -0.25) is 4.90 Å². The fraction of sp³-hybridized carbons (Fsp3) is 0.538. The summed E-state index contributed by atoms with van der Waals surface area (Å²) in [6.07, 6.45) is 1.13. The van der Waals surface area contributed by atoms with Gasteiger partial charge in [0.05, 0.1) is 0 Å². The molecule has 2 heteroatoms. The van der Waals surface area contributed by atoms with Gasteiger partial charge in [0.1, 0.15) is 0 Å². The molecular formula is C13H20N2. The third-order valence-corrected chi connectivity index (χ3v) is 3.30. The van der Waals surface area contributed by atoms with E-state index < -0.39 is 0 Å². The van der Waals surface area contributed by atoms with E-state index in [1.165, 1.54) is 5.56 Å². The molecule has 1 fully saturated rings. The van der Waals surface area contributed by atoms with Crippen LogP contribution in [-0.2, 0) is 6.54 Å². The molecule has 0 unspecified atom stereocenters. The van der Waals surface area contributed by atoms with E-state index >= 15 is 0 Å². The zero-order valence-electron chi connectivity index (χ0n) is 9.39. The average molecular weight is 204 g/mol. The van der Waals surface area contributed by atoms with Crippen molar-refractivity contribution in [2.45, 2.75) is 25.9 Å². The molecule has 0 spiro atoms. The van der Waals surface area contributed by atoms with E-state index in [-0.39, 0.29) is 0 Å². The quantitative estimate of drug-likeness (QED) is 0.796. The molecule has 0 aromatic heterocycles. The maximum Gasteiger partial charge on any atom is 0.0233 e. The van der Waals surface area contributed by atoms with Crippen LogP contribution in [-0.4, -0.2) is 24.0 Å². The molecule has 0 aliphatic carbocycles. The number of nitrogens with two attached hydrogens (primary N) is 1. The number of hydrogen-bond acceptors (Lipinski definition) is 2. The maximum absolute atomic E-state index is 6.01. The van der Waals surface area contributed by atoms with Crippen LogP contribution in [0.3, 0.4) is 0 Å². The fourth-order valence-corrected chi connectivity index (χ4v) is 2.24. The summed E-state index contributed by atoms with van der Waals surface area (Å²) < 4.78 is 0. The molecule has 1 aliphatic rings. The Labute approximate surface area is 92.1 Å². The Balaban J connectivity index is 1.91. The maximum atomic E-state index is 6.01. The van der Waals surface area contributed by atoms with E-state index in [1.807, 2.05) is 0 Å². The molecule has 82 valence electrons. The topological polar surface area (TPSA) is 29.3 Å². The lowest BCUT2D eigenvalue weighted by Crippen LogP contribution is -2.45. The number of hydrogen-bond donors (Lipinski definition) is 1. The molecule has 2 N–H and O–H groups in total. The Bertz CT molecular complexity index is 297. The first-order valence-corrected chi connectivity index (χ1v) is 5.77. The van der Waals surface area contributed by atoms with Gasteiger partial charge in [-0.15, -0.1) is 0 Å². The van der Waals surface area contributed by atoms with Crippen molar-refractivity contribution in [3.05, 3.63) is 35.9 Å². The van der Waals surface area contributed by atoms with Crippen LogP contribution in [0.15, 0.2) is 30.3 Å². The molecule has 2 rings (SSSR count). The second-order valence-electron chi connectivity index (χ2n) is 4.65. The van der Waals surface area contributed by atoms with Gasteiger partial charge in [-0.2, -0.15) is 0 Å². The molecule has 1 aromatic rings. The van der Waals surface area contributed by atoms with E-state index in [4.69, 9.17) is 5.73 Å². The lowest BCUT2D eigenvalue weighted by atomic mass is 9.94. The molecular weight excluding hydrogens is 184 g/mol. The van der Waals surface area contributed by atoms with E-state index in [0.29, 0.717) is 12.0 Å². The van der Waals surface area contributed by atoms with Crippen LogP contribution in [0.2, 0.25) is 0 Å². The Morgan fingerprint density at radius 2 is 2.07 bits per heavy atom. The van der Waals surface area contributed by atoms with Crippen molar-refractivity contribution < 1.29 is 0 Å². The summed E-state index contributed by atoms with van der Waals surface area (Å²) in [5, 5.41) is 0. The highest BCUT2D eigenvalue weighted by atomic mass is 15.1. The van der Waals surface area contributed by atoms with Crippen molar-refractivity contribution in [3.8, 4) is 0 Å². The Morgan fingerprint density at radius 3 is 2.73 bits per heavy atom. The second-order valence-corrected chi connectivity index (χ2v) is 4.65. The molecule has 0 bridgehead atoms. The van der Waals surface area contributed by atoms with Gasteiger partial charge in [0.15, 0.2) is 0 Å². The number of likely N-dealkylation sites (tertiary alicyclic amines) is 1. The third-order valence-electron chi connectivity index (χ3n) is 3.30. The van der Waals surface area contributed by atoms with E-state index in [9.17, 15) is 0 Å². The molecule has 1 aromatic carbocycles. The normalized spacial score (nSPS) is 27.9. The second kappa shape index (κ2) is 4.77. The van der Waals surface area contributed by atoms with E-state index in [1.54, 1.807) is 0 Å². The molecule has 1 heterocycles. The van der Waals surface area contributed by atoms with E-state index in [0.717, 1.165) is 26.1 Å². The van der Waals surface area contributed by atoms with Crippen LogP contribution in [0.5, 0.6) is 0 Å². The Kier molecular flexibility index (Phi) is 3.39. The first kappa shape index (κ1) is 10.7. The van der Waals surface area contributed by atoms with Crippen molar-refractivity contribution in [1.82, 2.24) is 4.90 Å². The molecule has 15 heavy (non-hydrogen) atoms. The third kappa shape index (κ3) is 2.80. The molecule has 0 saturated carbocycles. The summed E-state index contributed by atoms with van der Waals surface area (Å²) in [4.78, 5) is 2.50. The van der Waals surface area contributed by atoms with Crippen LogP contribution in [0.4, 0.5) is 0 Å². The number of rotatable bonds is 2. The zero-order chi connectivity index (χ0) is 10.7. The lowest BCUT2D eigenvalue weighted by Gasteiger charge is -2.35. The highest BCUT2D eigenvalue weighted by Gasteiger charge is 2.22. The Morgan fingerprint density at radius 1 is 1.33 bits per heavy atom. The first-order chi connectivity index (χ1) is 7.25. The predicted molar refractivity (Wildman–Crippen MR) is 63.5 cm³/mol. The van der Waals surface area contributed by atoms with Crippen molar-refractivity contribution in [3.63, 3.8) is 0 Å². The van der Waals surface area contributed by atoms with Crippen molar-refractivity contribution in [2.24, 2.45) is 11.7 Å². The summed E-state index contributed by atoms with van der Waals surface area (Å²) in [7, 11) is 0.